The Morgan fingerprint density at radius 1 is 1.07 bits per heavy atom. The van der Waals surface area contributed by atoms with Crippen molar-refractivity contribution in [1.29, 1.82) is 0 Å². The molecule has 0 saturated carbocycles. The molecule has 0 bridgehead atoms. The number of esters is 2. The Labute approximate surface area is 157 Å². The zero-order valence-corrected chi connectivity index (χ0v) is 15.4. The number of methoxy groups -OCH3 is 1. The number of aromatic nitrogens is 1. The summed E-state index contributed by atoms with van der Waals surface area (Å²) in [6.45, 7) is 4.00. The maximum Gasteiger partial charge on any atom is 0.341 e. The van der Waals surface area contributed by atoms with Crippen LogP contribution in [0.2, 0.25) is 0 Å². The highest BCUT2D eigenvalue weighted by atomic mass is 16.5. The van der Waals surface area contributed by atoms with Crippen molar-refractivity contribution in [1.82, 2.24) is 4.98 Å². The quantitative estimate of drug-likeness (QED) is 0.682. The van der Waals surface area contributed by atoms with E-state index in [1.807, 2.05) is 31.2 Å². The summed E-state index contributed by atoms with van der Waals surface area (Å²) >= 11 is 0. The normalized spacial score (nSPS) is 10.5. The van der Waals surface area contributed by atoms with E-state index in [0.29, 0.717) is 27.7 Å². The number of ether oxygens (including phenoxy) is 2. The molecular weight excluding hydrogens is 344 g/mol. The molecule has 0 saturated heterocycles. The first-order valence-corrected chi connectivity index (χ1v) is 8.55. The molecule has 0 amide bonds. The highest BCUT2D eigenvalue weighted by Crippen LogP contribution is 2.30. The van der Waals surface area contributed by atoms with Gasteiger partial charge in [0.1, 0.15) is 5.56 Å². The van der Waals surface area contributed by atoms with Gasteiger partial charge in [-0.25, -0.2) is 9.59 Å². The topological polar surface area (TPSA) is 77.5 Å². The summed E-state index contributed by atoms with van der Waals surface area (Å²) in [4.78, 5) is 28.7. The van der Waals surface area contributed by atoms with Gasteiger partial charge < -0.3 is 14.8 Å². The predicted molar refractivity (Wildman–Crippen MR) is 104 cm³/mol. The van der Waals surface area contributed by atoms with Crippen molar-refractivity contribution in [3.63, 3.8) is 0 Å². The zero-order chi connectivity index (χ0) is 19.4. The number of pyridine rings is 1. The number of hydrogen-bond donors (Lipinski definition) is 1. The van der Waals surface area contributed by atoms with E-state index in [2.05, 4.69) is 10.3 Å². The molecule has 0 radical (unpaired) electrons. The van der Waals surface area contributed by atoms with Crippen LogP contribution in [0, 0.1) is 6.92 Å². The molecule has 0 fully saturated rings. The minimum absolute atomic E-state index is 0.253. The Balaban J connectivity index is 2.19. The summed E-state index contributed by atoms with van der Waals surface area (Å²) < 4.78 is 9.96. The van der Waals surface area contributed by atoms with Crippen LogP contribution in [0.3, 0.4) is 0 Å². The van der Waals surface area contributed by atoms with Crippen LogP contribution in [0.4, 0.5) is 11.4 Å². The van der Waals surface area contributed by atoms with Gasteiger partial charge in [0.2, 0.25) is 0 Å². The highest BCUT2D eigenvalue weighted by Gasteiger charge is 2.18. The number of anilines is 2. The average Bonchev–Trinajstić information content (AvgIpc) is 2.69. The fourth-order valence-corrected chi connectivity index (χ4v) is 2.72. The van der Waals surface area contributed by atoms with Gasteiger partial charge in [-0.2, -0.15) is 0 Å². The Hall–Kier alpha value is -3.41. The third kappa shape index (κ3) is 3.89. The van der Waals surface area contributed by atoms with Crippen LogP contribution in [-0.4, -0.2) is 30.6 Å². The van der Waals surface area contributed by atoms with Crippen molar-refractivity contribution in [2.75, 3.05) is 19.0 Å². The molecular formula is C21H20N2O4. The number of hydrogen-bond acceptors (Lipinski definition) is 6. The number of carbonyl (C=O) groups excluding carboxylic acids is 2. The number of nitrogens with zero attached hydrogens (tertiary/aromatic N) is 1. The van der Waals surface area contributed by atoms with Gasteiger partial charge in [0, 0.05) is 17.3 Å². The molecule has 3 rings (SSSR count). The Bertz CT molecular complexity index is 997. The molecule has 0 aliphatic heterocycles. The Morgan fingerprint density at radius 3 is 2.48 bits per heavy atom. The number of fused-ring (bicyclic) bond motifs is 1. The number of nitrogens with one attached hydrogen (secondary N) is 1. The third-order valence-corrected chi connectivity index (χ3v) is 4.11. The van der Waals surface area contributed by atoms with Gasteiger partial charge in [0.15, 0.2) is 0 Å². The van der Waals surface area contributed by atoms with Crippen LogP contribution in [-0.2, 0) is 9.47 Å². The monoisotopic (exact) mass is 364 g/mol. The van der Waals surface area contributed by atoms with Crippen molar-refractivity contribution in [2.24, 2.45) is 0 Å². The lowest BCUT2D eigenvalue weighted by molar-refractivity contribution is 0.0526. The maximum atomic E-state index is 12.4. The van der Waals surface area contributed by atoms with E-state index in [1.165, 1.54) is 13.3 Å². The van der Waals surface area contributed by atoms with Gasteiger partial charge in [-0.15, -0.1) is 0 Å². The van der Waals surface area contributed by atoms with E-state index in [4.69, 9.17) is 9.47 Å². The van der Waals surface area contributed by atoms with Crippen molar-refractivity contribution in [2.45, 2.75) is 13.8 Å². The number of aryl methyl sites for hydroxylation is 1. The Kier molecular flexibility index (Phi) is 5.35. The molecule has 0 unspecified atom stereocenters. The van der Waals surface area contributed by atoms with Gasteiger partial charge >= 0.3 is 11.9 Å². The van der Waals surface area contributed by atoms with E-state index < -0.39 is 11.9 Å². The second kappa shape index (κ2) is 7.86. The lowest BCUT2D eigenvalue weighted by Gasteiger charge is -2.15. The second-order valence-corrected chi connectivity index (χ2v) is 5.98. The highest BCUT2D eigenvalue weighted by molar-refractivity contribution is 6.07. The molecule has 0 aliphatic rings. The van der Waals surface area contributed by atoms with Gasteiger partial charge in [-0.3, -0.25) is 4.98 Å². The lowest BCUT2D eigenvalue weighted by atomic mass is 10.1. The van der Waals surface area contributed by atoms with Crippen molar-refractivity contribution < 1.29 is 19.1 Å². The minimum Gasteiger partial charge on any atom is -0.465 e. The summed E-state index contributed by atoms with van der Waals surface area (Å²) in [6, 6.07) is 12.8. The molecule has 1 aromatic heterocycles. The molecule has 6 heteroatoms. The van der Waals surface area contributed by atoms with E-state index >= 15 is 0 Å². The van der Waals surface area contributed by atoms with E-state index in [1.54, 1.807) is 25.1 Å². The summed E-state index contributed by atoms with van der Waals surface area (Å²) in [6.07, 6.45) is 1.48. The molecule has 1 heterocycles. The van der Waals surface area contributed by atoms with Gasteiger partial charge in [-0.05, 0) is 44.2 Å². The largest absolute Gasteiger partial charge is 0.465 e. The van der Waals surface area contributed by atoms with Crippen LogP contribution in [0.1, 0.15) is 33.2 Å². The summed E-state index contributed by atoms with van der Waals surface area (Å²) in [5.74, 6) is -0.940. The Morgan fingerprint density at radius 2 is 1.81 bits per heavy atom. The van der Waals surface area contributed by atoms with Crippen molar-refractivity contribution in [3.8, 4) is 0 Å². The molecule has 2 aromatic carbocycles. The van der Waals surface area contributed by atoms with Gasteiger partial charge in [0.25, 0.3) is 0 Å². The van der Waals surface area contributed by atoms with Crippen LogP contribution < -0.4 is 5.32 Å². The second-order valence-electron chi connectivity index (χ2n) is 5.98. The van der Waals surface area contributed by atoms with E-state index in [0.717, 1.165) is 11.3 Å². The van der Waals surface area contributed by atoms with Crippen LogP contribution in [0.15, 0.2) is 48.7 Å². The summed E-state index contributed by atoms with van der Waals surface area (Å²) in [5.41, 5.74) is 3.78. The molecule has 1 N–H and O–H groups in total. The predicted octanol–water partition coefficient (Wildman–Crippen LogP) is 4.25. The minimum atomic E-state index is -0.481. The first-order chi connectivity index (χ1) is 13.0. The summed E-state index contributed by atoms with van der Waals surface area (Å²) in [7, 11) is 1.32. The molecule has 138 valence electrons. The van der Waals surface area contributed by atoms with Crippen LogP contribution in [0.5, 0.6) is 0 Å². The number of rotatable bonds is 5. The van der Waals surface area contributed by atoms with E-state index in [-0.39, 0.29) is 6.61 Å². The van der Waals surface area contributed by atoms with Crippen molar-refractivity contribution >= 4 is 34.2 Å². The van der Waals surface area contributed by atoms with Gasteiger partial charge in [0.05, 0.1) is 30.5 Å². The molecule has 3 aromatic rings. The van der Waals surface area contributed by atoms with E-state index in [9.17, 15) is 9.59 Å². The molecule has 0 spiro atoms. The smallest absolute Gasteiger partial charge is 0.341 e. The standard InChI is InChI=1S/C21H20N2O4/c1-4-27-21(25)17-12-22-18-10-7-14(20(24)26-3)11-16(18)19(17)23-15-8-5-13(2)6-9-15/h5-12H,4H2,1-3H3,(H,22,23). The molecule has 0 aliphatic carbocycles. The molecule has 6 nitrogen and oxygen atoms in total. The molecule has 0 atom stereocenters. The van der Waals surface area contributed by atoms with Gasteiger partial charge in [-0.1, -0.05) is 17.7 Å². The first kappa shape index (κ1) is 18.4. The third-order valence-electron chi connectivity index (χ3n) is 4.11. The van der Waals surface area contributed by atoms with Crippen molar-refractivity contribution in [3.05, 3.63) is 65.4 Å². The zero-order valence-electron chi connectivity index (χ0n) is 15.4. The average molecular weight is 364 g/mol. The van der Waals surface area contributed by atoms with Crippen LogP contribution >= 0.6 is 0 Å². The van der Waals surface area contributed by atoms with Crippen LogP contribution in [0.25, 0.3) is 10.9 Å². The fourth-order valence-electron chi connectivity index (χ4n) is 2.72. The number of carbonyl (C=O) groups is 2. The first-order valence-electron chi connectivity index (χ1n) is 8.55. The SMILES string of the molecule is CCOC(=O)c1cnc2ccc(C(=O)OC)cc2c1Nc1ccc(C)cc1. The number of benzene rings is 2. The molecule has 27 heavy (non-hydrogen) atoms. The summed E-state index contributed by atoms with van der Waals surface area (Å²) in [5, 5.41) is 3.90. The maximum absolute atomic E-state index is 12.4. The fraction of sp³-hybridized carbons (Fsp3) is 0.190. The lowest BCUT2D eigenvalue weighted by Crippen LogP contribution is -2.10.